The third kappa shape index (κ3) is 6.77. The zero-order valence-electron chi connectivity index (χ0n) is 12.5. The van der Waals surface area contributed by atoms with E-state index in [0.29, 0.717) is 19.6 Å². The number of nitrogens with one attached hydrogen (secondary N) is 2. The Morgan fingerprint density at radius 2 is 2.14 bits per heavy atom. The van der Waals surface area contributed by atoms with Crippen LogP contribution in [0.5, 0.6) is 0 Å². The lowest BCUT2D eigenvalue weighted by atomic mass is 10.1. The SMILES string of the molecule is CCCN1CCNC(CC(=O)NCC(=O)OCC)C1=O.Cl. The molecule has 1 unspecified atom stereocenters. The molecule has 1 rings (SSSR count). The Hall–Kier alpha value is -1.34. The van der Waals surface area contributed by atoms with E-state index in [1.807, 2.05) is 6.92 Å². The van der Waals surface area contributed by atoms with Crippen molar-refractivity contribution in [3.8, 4) is 0 Å². The molecule has 21 heavy (non-hydrogen) atoms. The van der Waals surface area contributed by atoms with E-state index in [9.17, 15) is 14.4 Å². The molecule has 0 bridgehead atoms. The highest BCUT2D eigenvalue weighted by Crippen LogP contribution is 2.05. The van der Waals surface area contributed by atoms with Crippen LogP contribution in [0.2, 0.25) is 0 Å². The predicted molar refractivity (Wildman–Crippen MR) is 80.2 cm³/mol. The van der Waals surface area contributed by atoms with Crippen LogP contribution in [-0.2, 0) is 19.1 Å². The van der Waals surface area contributed by atoms with Crippen LogP contribution in [-0.4, -0.2) is 61.5 Å². The van der Waals surface area contributed by atoms with Crippen molar-refractivity contribution < 1.29 is 19.1 Å². The quantitative estimate of drug-likeness (QED) is 0.628. The fourth-order valence-electron chi connectivity index (χ4n) is 2.08. The number of esters is 1. The van der Waals surface area contributed by atoms with Crippen molar-refractivity contribution in [1.82, 2.24) is 15.5 Å². The molecule has 0 aromatic heterocycles. The van der Waals surface area contributed by atoms with Gasteiger partial charge in [0.1, 0.15) is 6.54 Å². The highest BCUT2D eigenvalue weighted by Gasteiger charge is 2.29. The number of hydrogen-bond acceptors (Lipinski definition) is 5. The molecule has 0 aliphatic carbocycles. The molecule has 1 atom stereocenters. The lowest BCUT2D eigenvalue weighted by Crippen LogP contribution is -2.56. The summed E-state index contributed by atoms with van der Waals surface area (Å²) in [6, 6.07) is -0.502. The van der Waals surface area contributed by atoms with E-state index in [4.69, 9.17) is 4.74 Å². The van der Waals surface area contributed by atoms with Crippen LogP contribution in [0.1, 0.15) is 26.7 Å². The van der Waals surface area contributed by atoms with Crippen LogP contribution in [0, 0.1) is 0 Å². The van der Waals surface area contributed by atoms with E-state index in [-0.39, 0.29) is 43.8 Å². The number of carbonyl (C=O) groups excluding carboxylic acids is 3. The Bertz CT molecular complexity index is 363. The second-order valence-corrected chi connectivity index (χ2v) is 4.62. The molecule has 8 heteroatoms. The van der Waals surface area contributed by atoms with E-state index in [0.717, 1.165) is 6.42 Å². The predicted octanol–water partition coefficient (Wildman–Crippen LogP) is -0.312. The van der Waals surface area contributed by atoms with Crippen LogP contribution < -0.4 is 10.6 Å². The van der Waals surface area contributed by atoms with Gasteiger partial charge in [-0.05, 0) is 13.3 Å². The molecule has 122 valence electrons. The van der Waals surface area contributed by atoms with Crippen molar-refractivity contribution in [3.63, 3.8) is 0 Å². The van der Waals surface area contributed by atoms with Gasteiger partial charge in [-0.2, -0.15) is 0 Å². The minimum atomic E-state index is -0.502. The minimum absolute atomic E-state index is 0. The third-order valence-electron chi connectivity index (χ3n) is 3.00. The molecule has 1 saturated heterocycles. The maximum absolute atomic E-state index is 12.1. The van der Waals surface area contributed by atoms with Crippen molar-refractivity contribution in [2.45, 2.75) is 32.7 Å². The first kappa shape index (κ1) is 19.7. The molecule has 0 aromatic carbocycles. The van der Waals surface area contributed by atoms with Gasteiger partial charge in [0, 0.05) is 19.6 Å². The van der Waals surface area contributed by atoms with Crippen LogP contribution in [0.4, 0.5) is 0 Å². The molecule has 1 aliphatic rings. The maximum Gasteiger partial charge on any atom is 0.325 e. The topological polar surface area (TPSA) is 87.7 Å². The average Bonchev–Trinajstić information content (AvgIpc) is 2.42. The molecular weight excluding hydrogens is 298 g/mol. The summed E-state index contributed by atoms with van der Waals surface area (Å²) in [6.45, 7) is 5.90. The Morgan fingerprint density at radius 1 is 1.43 bits per heavy atom. The first-order valence-corrected chi connectivity index (χ1v) is 7.03. The van der Waals surface area contributed by atoms with Gasteiger partial charge >= 0.3 is 5.97 Å². The van der Waals surface area contributed by atoms with Crippen LogP contribution in [0.3, 0.4) is 0 Å². The Morgan fingerprint density at radius 3 is 2.76 bits per heavy atom. The molecule has 0 saturated carbocycles. The Kier molecular flexibility index (Phi) is 9.73. The molecule has 2 N–H and O–H groups in total. The molecule has 2 amide bonds. The number of hydrogen-bond donors (Lipinski definition) is 2. The Labute approximate surface area is 131 Å². The maximum atomic E-state index is 12.1. The molecule has 1 aliphatic heterocycles. The zero-order chi connectivity index (χ0) is 15.0. The van der Waals surface area contributed by atoms with Crippen molar-refractivity contribution in [3.05, 3.63) is 0 Å². The largest absolute Gasteiger partial charge is 0.465 e. The molecule has 0 radical (unpaired) electrons. The lowest BCUT2D eigenvalue weighted by molar-refractivity contribution is -0.143. The van der Waals surface area contributed by atoms with Crippen LogP contribution in [0.15, 0.2) is 0 Å². The van der Waals surface area contributed by atoms with Gasteiger partial charge in [-0.3, -0.25) is 14.4 Å². The standard InChI is InChI=1S/C13H23N3O4.ClH/c1-3-6-16-7-5-14-10(13(16)19)8-11(17)15-9-12(18)20-4-2;/h10,14H,3-9H2,1-2H3,(H,15,17);1H. The van der Waals surface area contributed by atoms with E-state index in [1.54, 1.807) is 11.8 Å². The smallest absolute Gasteiger partial charge is 0.325 e. The summed E-state index contributed by atoms with van der Waals surface area (Å²) in [5.41, 5.74) is 0. The number of halogens is 1. The van der Waals surface area contributed by atoms with E-state index >= 15 is 0 Å². The molecule has 0 spiro atoms. The first-order valence-electron chi connectivity index (χ1n) is 7.03. The van der Waals surface area contributed by atoms with Gasteiger partial charge in [0.2, 0.25) is 11.8 Å². The monoisotopic (exact) mass is 321 g/mol. The van der Waals surface area contributed by atoms with Gasteiger partial charge < -0.3 is 20.3 Å². The second-order valence-electron chi connectivity index (χ2n) is 4.62. The summed E-state index contributed by atoms with van der Waals surface area (Å²) in [7, 11) is 0. The first-order chi connectivity index (χ1) is 9.58. The second kappa shape index (κ2) is 10.4. The van der Waals surface area contributed by atoms with Gasteiger partial charge in [-0.15, -0.1) is 12.4 Å². The van der Waals surface area contributed by atoms with Gasteiger partial charge in [0.05, 0.1) is 19.1 Å². The molecule has 1 heterocycles. The van der Waals surface area contributed by atoms with Crippen LogP contribution >= 0.6 is 12.4 Å². The average molecular weight is 322 g/mol. The highest BCUT2D eigenvalue weighted by molar-refractivity contribution is 5.90. The normalized spacial score (nSPS) is 17.9. The number of amides is 2. The summed E-state index contributed by atoms with van der Waals surface area (Å²) < 4.78 is 4.71. The van der Waals surface area contributed by atoms with Crippen LogP contribution in [0.25, 0.3) is 0 Å². The van der Waals surface area contributed by atoms with Gasteiger partial charge in [-0.25, -0.2) is 0 Å². The number of carbonyl (C=O) groups is 3. The summed E-state index contributed by atoms with van der Waals surface area (Å²) in [5.74, 6) is -0.858. The van der Waals surface area contributed by atoms with Crippen molar-refractivity contribution in [1.29, 1.82) is 0 Å². The Balaban J connectivity index is 0.00000400. The van der Waals surface area contributed by atoms with Gasteiger partial charge in [0.15, 0.2) is 0 Å². The van der Waals surface area contributed by atoms with Gasteiger partial charge in [-0.1, -0.05) is 6.92 Å². The fraction of sp³-hybridized carbons (Fsp3) is 0.769. The highest BCUT2D eigenvalue weighted by atomic mass is 35.5. The van der Waals surface area contributed by atoms with E-state index < -0.39 is 12.0 Å². The zero-order valence-corrected chi connectivity index (χ0v) is 13.3. The van der Waals surface area contributed by atoms with Crippen molar-refractivity contribution in [2.24, 2.45) is 0 Å². The third-order valence-corrected chi connectivity index (χ3v) is 3.00. The van der Waals surface area contributed by atoms with Crippen molar-refractivity contribution in [2.75, 3.05) is 32.8 Å². The molecule has 0 aromatic rings. The fourth-order valence-corrected chi connectivity index (χ4v) is 2.08. The number of rotatable bonds is 7. The lowest BCUT2D eigenvalue weighted by Gasteiger charge is -2.32. The molecule has 7 nitrogen and oxygen atoms in total. The van der Waals surface area contributed by atoms with Crippen molar-refractivity contribution >= 4 is 30.2 Å². The minimum Gasteiger partial charge on any atom is -0.465 e. The molecule has 1 fully saturated rings. The summed E-state index contributed by atoms with van der Waals surface area (Å²) >= 11 is 0. The van der Waals surface area contributed by atoms with E-state index in [1.165, 1.54) is 0 Å². The summed E-state index contributed by atoms with van der Waals surface area (Å²) in [4.78, 5) is 36.7. The van der Waals surface area contributed by atoms with E-state index in [2.05, 4.69) is 10.6 Å². The number of piperazine rings is 1. The van der Waals surface area contributed by atoms with Gasteiger partial charge in [0.25, 0.3) is 0 Å². The number of ether oxygens (including phenoxy) is 1. The summed E-state index contributed by atoms with van der Waals surface area (Å²) in [6.07, 6.45) is 0.936. The molecular formula is C13H24ClN3O4. The summed E-state index contributed by atoms with van der Waals surface area (Å²) in [5, 5.41) is 5.49. The number of nitrogens with zero attached hydrogens (tertiary/aromatic N) is 1.